The van der Waals surface area contributed by atoms with Gasteiger partial charge in [-0.05, 0) is 25.0 Å². The molecule has 5 nitrogen and oxygen atoms in total. The Morgan fingerprint density at radius 1 is 1.36 bits per heavy atom. The van der Waals surface area contributed by atoms with Gasteiger partial charge in [0, 0.05) is 12.6 Å². The number of carbonyl (C=O) groups is 1. The Morgan fingerprint density at radius 2 is 2.09 bits per heavy atom. The van der Waals surface area contributed by atoms with Crippen molar-refractivity contribution in [3.05, 3.63) is 28.2 Å². The molecule has 3 N–H and O–H groups in total. The minimum Gasteiger partial charge on any atom is -0.489 e. The topological polar surface area (TPSA) is 70.6 Å². The average molecular weight is 347 g/mol. The van der Waals surface area contributed by atoms with Crippen LogP contribution in [-0.4, -0.2) is 36.4 Å². The second-order valence-electron chi connectivity index (χ2n) is 5.35. The number of ether oxygens (including phenoxy) is 1. The molecule has 0 aromatic heterocycles. The molecular formula is C15H20Cl2N2O3. The smallest absolute Gasteiger partial charge is 0.315 e. The summed E-state index contributed by atoms with van der Waals surface area (Å²) in [7, 11) is 0. The largest absolute Gasteiger partial charge is 0.489 e. The van der Waals surface area contributed by atoms with Crippen LogP contribution in [0.4, 0.5) is 4.79 Å². The summed E-state index contributed by atoms with van der Waals surface area (Å²) in [4.78, 5) is 11.7. The van der Waals surface area contributed by atoms with E-state index in [1.807, 2.05) is 0 Å². The van der Waals surface area contributed by atoms with Gasteiger partial charge in [-0.2, -0.15) is 0 Å². The van der Waals surface area contributed by atoms with Crippen molar-refractivity contribution in [3.8, 4) is 5.75 Å². The van der Waals surface area contributed by atoms with E-state index < -0.39 is 6.10 Å². The predicted octanol–water partition coefficient (Wildman–Crippen LogP) is 2.97. The maximum Gasteiger partial charge on any atom is 0.315 e. The zero-order valence-electron chi connectivity index (χ0n) is 12.1. The first kappa shape index (κ1) is 17.2. The van der Waals surface area contributed by atoms with E-state index in [0.717, 1.165) is 25.7 Å². The van der Waals surface area contributed by atoms with Crippen molar-refractivity contribution in [3.63, 3.8) is 0 Å². The number of amides is 2. The summed E-state index contributed by atoms with van der Waals surface area (Å²) in [6, 6.07) is 5.03. The molecule has 122 valence electrons. The fraction of sp³-hybridized carbons (Fsp3) is 0.533. The van der Waals surface area contributed by atoms with Gasteiger partial charge in [0.25, 0.3) is 0 Å². The number of nitrogens with one attached hydrogen (secondary N) is 2. The highest BCUT2D eigenvalue weighted by atomic mass is 35.5. The van der Waals surface area contributed by atoms with Crippen molar-refractivity contribution in [1.82, 2.24) is 10.6 Å². The lowest BCUT2D eigenvalue weighted by molar-refractivity contribution is 0.107. The molecule has 1 unspecified atom stereocenters. The molecule has 7 heteroatoms. The Labute approximate surface area is 139 Å². The molecule has 1 aromatic carbocycles. The van der Waals surface area contributed by atoms with Crippen LogP contribution < -0.4 is 15.4 Å². The molecule has 22 heavy (non-hydrogen) atoms. The van der Waals surface area contributed by atoms with Gasteiger partial charge in [-0.1, -0.05) is 42.1 Å². The van der Waals surface area contributed by atoms with Gasteiger partial charge in [-0.3, -0.25) is 0 Å². The number of benzene rings is 1. The number of aliphatic hydroxyl groups excluding tert-OH is 1. The molecule has 1 atom stereocenters. The summed E-state index contributed by atoms with van der Waals surface area (Å²) in [5, 5.41) is 16.1. The third-order valence-corrected chi connectivity index (χ3v) is 4.34. The lowest BCUT2D eigenvalue weighted by atomic mass is 10.2. The fourth-order valence-electron chi connectivity index (χ4n) is 2.36. The molecule has 0 spiro atoms. The molecule has 1 saturated carbocycles. The van der Waals surface area contributed by atoms with Crippen LogP contribution in [0.2, 0.25) is 10.0 Å². The Hall–Kier alpha value is -1.17. The van der Waals surface area contributed by atoms with Crippen molar-refractivity contribution in [2.75, 3.05) is 13.2 Å². The Kier molecular flexibility index (Phi) is 6.61. The zero-order valence-corrected chi connectivity index (χ0v) is 13.7. The van der Waals surface area contributed by atoms with Crippen LogP contribution in [-0.2, 0) is 0 Å². The first-order valence-corrected chi connectivity index (χ1v) is 8.11. The van der Waals surface area contributed by atoms with Crippen LogP contribution in [0, 0.1) is 0 Å². The minimum absolute atomic E-state index is 0.0176. The van der Waals surface area contributed by atoms with Crippen molar-refractivity contribution >= 4 is 29.2 Å². The van der Waals surface area contributed by atoms with E-state index in [4.69, 9.17) is 27.9 Å². The Morgan fingerprint density at radius 3 is 2.82 bits per heavy atom. The standard InChI is InChI=1S/C15H20Cl2N2O3/c16-12-6-3-7-13(14(12)17)22-9-11(20)8-18-15(21)19-10-4-1-2-5-10/h3,6-7,10-11,20H,1-2,4-5,8-9H2,(H2,18,19,21). The second kappa shape index (κ2) is 8.46. The second-order valence-corrected chi connectivity index (χ2v) is 6.14. The summed E-state index contributed by atoms with van der Waals surface area (Å²) in [5.74, 6) is 0.406. The minimum atomic E-state index is -0.829. The predicted molar refractivity (Wildman–Crippen MR) is 86.8 cm³/mol. The van der Waals surface area contributed by atoms with Gasteiger partial charge in [0.1, 0.15) is 23.5 Å². The summed E-state index contributed by atoms with van der Waals surface area (Å²) >= 11 is 11.9. The van der Waals surface area contributed by atoms with Crippen LogP contribution >= 0.6 is 23.2 Å². The number of rotatable bonds is 6. The monoisotopic (exact) mass is 346 g/mol. The Balaban J connectivity index is 1.68. The van der Waals surface area contributed by atoms with Crippen LogP contribution in [0.3, 0.4) is 0 Å². The Bertz CT molecular complexity index is 508. The highest BCUT2D eigenvalue weighted by molar-refractivity contribution is 6.42. The van der Waals surface area contributed by atoms with Gasteiger partial charge >= 0.3 is 6.03 Å². The van der Waals surface area contributed by atoms with E-state index in [2.05, 4.69) is 10.6 Å². The molecule has 0 saturated heterocycles. The lowest BCUT2D eigenvalue weighted by Crippen LogP contribution is -2.44. The van der Waals surface area contributed by atoms with Gasteiger partial charge in [0.05, 0.1) is 5.02 Å². The maximum absolute atomic E-state index is 11.7. The van der Waals surface area contributed by atoms with E-state index in [0.29, 0.717) is 15.8 Å². The number of carbonyl (C=O) groups excluding carboxylic acids is 1. The molecule has 1 aliphatic rings. The van der Waals surface area contributed by atoms with Crippen molar-refractivity contribution in [2.24, 2.45) is 0 Å². The molecule has 0 radical (unpaired) electrons. The third kappa shape index (κ3) is 5.23. The van der Waals surface area contributed by atoms with Gasteiger partial charge < -0.3 is 20.5 Å². The first-order chi connectivity index (χ1) is 10.6. The molecule has 0 heterocycles. The number of hydrogen-bond donors (Lipinski definition) is 3. The van der Waals surface area contributed by atoms with E-state index >= 15 is 0 Å². The number of halogens is 2. The molecule has 0 bridgehead atoms. The van der Waals surface area contributed by atoms with Gasteiger partial charge in [0.2, 0.25) is 0 Å². The summed E-state index contributed by atoms with van der Waals surface area (Å²) in [6.07, 6.45) is 3.52. The molecule has 1 fully saturated rings. The highest BCUT2D eigenvalue weighted by Crippen LogP contribution is 2.31. The number of hydrogen-bond acceptors (Lipinski definition) is 3. The molecule has 1 aliphatic carbocycles. The van der Waals surface area contributed by atoms with E-state index in [-0.39, 0.29) is 25.2 Å². The number of urea groups is 1. The molecular weight excluding hydrogens is 327 g/mol. The lowest BCUT2D eigenvalue weighted by Gasteiger charge is -2.16. The van der Waals surface area contributed by atoms with Crippen LogP contribution in [0.25, 0.3) is 0 Å². The molecule has 0 aliphatic heterocycles. The average Bonchev–Trinajstić information content (AvgIpc) is 2.99. The first-order valence-electron chi connectivity index (χ1n) is 7.35. The van der Waals surface area contributed by atoms with Gasteiger partial charge in [-0.15, -0.1) is 0 Å². The van der Waals surface area contributed by atoms with E-state index in [9.17, 15) is 9.90 Å². The highest BCUT2D eigenvalue weighted by Gasteiger charge is 2.17. The van der Waals surface area contributed by atoms with Crippen LogP contribution in [0.1, 0.15) is 25.7 Å². The third-order valence-electron chi connectivity index (χ3n) is 3.54. The van der Waals surface area contributed by atoms with Crippen molar-refractivity contribution < 1.29 is 14.6 Å². The summed E-state index contributed by atoms with van der Waals surface area (Å²) < 4.78 is 5.41. The summed E-state index contributed by atoms with van der Waals surface area (Å²) in [5.41, 5.74) is 0. The van der Waals surface area contributed by atoms with Crippen molar-refractivity contribution in [2.45, 2.75) is 37.8 Å². The van der Waals surface area contributed by atoms with Gasteiger partial charge in [0.15, 0.2) is 0 Å². The van der Waals surface area contributed by atoms with Crippen LogP contribution in [0.15, 0.2) is 18.2 Å². The fourth-order valence-corrected chi connectivity index (χ4v) is 2.70. The maximum atomic E-state index is 11.7. The van der Waals surface area contributed by atoms with Crippen LogP contribution in [0.5, 0.6) is 5.75 Å². The SMILES string of the molecule is O=C(NCC(O)COc1cccc(Cl)c1Cl)NC1CCCC1. The zero-order chi connectivity index (χ0) is 15.9. The summed E-state index contributed by atoms with van der Waals surface area (Å²) in [6.45, 7) is 0.126. The quantitative estimate of drug-likeness (QED) is 0.741. The number of aliphatic hydroxyl groups is 1. The van der Waals surface area contributed by atoms with Gasteiger partial charge in [-0.25, -0.2) is 4.79 Å². The van der Waals surface area contributed by atoms with Crippen molar-refractivity contribution in [1.29, 1.82) is 0 Å². The van der Waals surface area contributed by atoms with E-state index in [1.54, 1.807) is 18.2 Å². The molecule has 2 rings (SSSR count). The molecule has 2 amide bonds. The molecule has 1 aromatic rings. The van der Waals surface area contributed by atoms with E-state index in [1.165, 1.54) is 0 Å². The normalized spacial score (nSPS) is 16.3.